The first-order valence-corrected chi connectivity index (χ1v) is 5.98. The molecule has 2 N–H and O–H groups in total. The van der Waals surface area contributed by atoms with Gasteiger partial charge < -0.3 is 15.2 Å². The maximum Gasteiger partial charge on any atom is 0.244 e. The first-order chi connectivity index (χ1) is 8.61. The van der Waals surface area contributed by atoms with Crippen molar-refractivity contribution >= 4 is 12.0 Å². The molecule has 0 heterocycles. The van der Waals surface area contributed by atoms with Gasteiger partial charge in [-0.2, -0.15) is 0 Å². The van der Waals surface area contributed by atoms with E-state index in [-0.39, 0.29) is 12.5 Å². The molecule has 0 aliphatic carbocycles. The minimum Gasteiger partial charge on any atom is -0.494 e. The zero-order valence-corrected chi connectivity index (χ0v) is 10.7. The lowest BCUT2D eigenvalue weighted by Crippen LogP contribution is -2.28. The minimum absolute atomic E-state index is 0.218. The second-order valence-corrected chi connectivity index (χ2v) is 3.93. The third kappa shape index (κ3) is 5.50. The van der Waals surface area contributed by atoms with Gasteiger partial charge in [0.2, 0.25) is 5.91 Å². The van der Waals surface area contributed by atoms with Gasteiger partial charge in [0, 0.05) is 12.6 Å². The van der Waals surface area contributed by atoms with Gasteiger partial charge in [-0.1, -0.05) is 12.1 Å². The fourth-order valence-electron chi connectivity index (χ4n) is 1.32. The summed E-state index contributed by atoms with van der Waals surface area (Å²) in [4.78, 5) is 11.4. The highest BCUT2D eigenvalue weighted by atomic mass is 16.5. The number of hydrogen-bond donors (Lipinski definition) is 2. The first kappa shape index (κ1) is 14.3. The van der Waals surface area contributed by atoms with E-state index in [9.17, 15) is 4.79 Å². The van der Waals surface area contributed by atoms with Crippen molar-refractivity contribution in [2.75, 3.05) is 13.2 Å². The quantitative estimate of drug-likeness (QED) is 0.753. The van der Waals surface area contributed by atoms with Crippen LogP contribution in [0, 0.1) is 0 Å². The lowest BCUT2D eigenvalue weighted by molar-refractivity contribution is -0.116. The molecule has 0 unspecified atom stereocenters. The van der Waals surface area contributed by atoms with Gasteiger partial charge >= 0.3 is 0 Å². The second-order valence-electron chi connectivity index (χ2n) is 3.93. The molecule has 0 aliphatic heterocycles. The largest absolute Gasteiger partial charge is 0.494 e. The number of aliphatic hydroxyl groups is 1. The standard InChI is InChI=1S/C14H19NO3/c1-3-18-13-7-4-12(5-8-13)6-9-14(17)15-10-11(2)16/h4-9,11,16H,3,10H2,1-2H3,(H,15,17)/b9-6+/t11-/m1/s1. The molecule has 1 amide bonds. The highest BCUT2D eigenvalue weighted by molar-refractivity contribution is 5.91. The number of aliphatic hydroxyl groups excluding tert-OH is 1. The normalized spacial score (nSPS) is 12.4. The predicted octanol–water partition coefficient (Wildman–Crippen LogP) is 1.60. The van der Waals surface area contributed by atoms with Crippen molar-refractivity contribution in [3.05, 3.63) is 35.9 Å². The molecule has 0 saturated heterocycles. The van der Waals surface area contributed by atoms with Crippen molar-refractivity contribution in [2.45, 2.75) is 20.0 Å². The second kappa shape index (κ2) is 7.50. The molecule has 0 saturated carbocycles. The van der Waals surface area contributed by atoms with Crippen molar-refractivity contribution in [2.24, 2.45) is 0 Å². The van der Waals surface area contributed by atoms with Crippen molar-refractivity contribution in [3.8, 4) is 5.75 Å². The van der Waals surface area contributed by atoms with Gasteiger partial charge in [-0.15, -0.1) is 0 Å². The lowest BCUT2D eigenvalue weighted by Gasteiger charge is -2.04. The van der Waals surface area contributed by atoms with Gasteiger partial charge in [-0.3, -0.25) is 4.79 Å². The predicted molar refractivity (Wildman–Crippen MR) is 71.3 cm³/mol. The summed E-state index contributed by atoms with van der Waals surface area (Å²) in [6.45, 7) is 4.44. The molecule has 1 rings (SSSR count). The highest BCUT2D eigenvalue weighted by Crippen LogP contribution is 2.12. The van der Waals surface area contributed by atoms with Crippen LogP contribution in [0.1, 0.15) is 19.4 Å². The molecule has 4 nitrogen and oxygen atoms in total. The molecule has 0 aliphatic rings. The number of nitrogens with one attached hydrogen (secondary N) is 1. The number of ether oxygens (including phenoxy) is 1. The summed E-state index contributed by atoms with van der Waals surface area (Å²) in [7, 11) is 0. The van der Waals surface area contributed by atoms with E-state index in [0.717, 1.165) is 11.3 Å². The van der Waals surface area contributed by atoms with E-state index in [1.807, 2.05) is 31.2 Å². The molecular weight excluding hydrogens is 230 g/mol. The van der Waals surface area contributed by atoms with Gasteiger partial charge in [0.25, 0.3) is 0 Å². The van der Waals surface area contributed by atoms with E-state index in [1.54, 1.807) is 13.0 Å². The van der Waals surface area contributed by atoms with Gasteiger partial charge in [-0.25, -0.2) is 0 Å². The van der Waals surface area contributed by atoms with E-state index in [1.165, 1.54) is 6.08 Å². The van der Waals surface area contributed by atoms with E-state index in [4.69, 9.17) is 9.84 Å². The topological polar surface area (TPSA) is 58.6 Å². The van der Waals surface area contributed by atoms with Crippen LogP contribution in [-0.4, -0.2) is 30.3 Å². The van der Waals surface area contributed by atoms with Crippen molar-refractivity contribution in [1.29, 1.82) is 0 Å². The number of carbonyl (C=O) groups is 1. The first-order valence-electron chi connectivity index (χ1n) is 5.98. The third-order valence-corrected chi connectivity index (χ3v) is 2.19. The van der Waals surface area contributed by atoms with Crippen LogP contribution < -0.4 is 10.1 Å². The summed E-state index contributed by atoms with van der Waals surface area (Å²) < 4.78 is 5.32. The number of carbonyl (C=O) groups excluding carboxylic acids is 1. The van der Waals surface area contributed by atoms with Crippen LogP contribution in [0.3, 0.4) is 0 Å². The minimum atomic E-state index is -0.534. The number of rotatable bonds is 6. The fourth-order valence-corrected chi connectivity index (χ4v) is 1.32. The number of hydrogen-bond acceptors (Lipinski definition) is 3. The summed E-state index contributed by atoms with van der Waals surface area (Å²) in [6, 6.07) is 7.47. The Labute approximate surface area is 107 Å². The molecule has 1 aromatic rings. The Kier molecular flexibility index (Phi) is 5.94. The molecular formula is C14H19NO3. The van der Waals surface area contributed by atoms with E-state index < -0.39 is 6.10 Å². The summed E-state index contributed by atoms with van der Waals surface area (Å²) in [5.41, 5.74) is 0.922. The van der Waals surface area contributed by atoms with Crippen LogP contribution in [0.25, 0.3) is 6.08 Å². The van der Waals surface area contributed by atoms with E-state index in [2.05, 4.69) is 5.32 Å². The van der Waals surface area contributed by atoms with Crippen LogP contribution in [0.5, 0.6) is 5.75 Å². The van der Waals surface area contributed by atoms with E-state index >= 15 is 0 Å². The SMILES string of the molecule is CCOc1ccc(/C=C/C(=O)NC[C@@H](C)O)cc1. The molecule has 18 heavy (non-hydrogen) atoms. The number of amides is 1. The van der Waals surface area contributed by atoms with E-state index in [0.29, 0.717) is 6.61 Å². The van der Waals surface area contributed by atoms with Crippen molar-refractivity contribution < 1.29 is 14.6 Å². The highest BCUT2D eigenvalue weighted by Gasteiger charge is 1.98. The van der Waals surface area contributed by atoms with Crippen LogP contribution in [0.4, 0.5) is 0 Å². The van der Waals surface area contributed by atoms with Crippen LogP contribution in [0.2, 0.25) is 0 Å². The summed E-state index contributed by atoms with van der Waals surface area (Å²) in [5, 5.41) is 11.6. The van der Waals surface area contributed by atoms with Crippen LogP contribution in [-0.2, 0) is 4.79 Å². The Bertz CT molecular complexity index is 396. The molecule has 4 heteroatoms. The summed E-state index contributed by atoms with van der Waals surface area (Å²) in [5.74, 6) is 0.595. The smallest absolute Gasteiger partial charge is 0.244 e. The summed E-state index contributed by atoms with van der Waals surface area (Å²) in [6.07, 6.45) is 2.62. The molecule has 0 spiro atoms. The maximum atomic E-state index is 11.4. The zero-order chi connectivity index (χ0) is 13.4. The van der Waals surface area contributed by atoms with Gasteiger partial charge in [0.05, 0.1) is 12.7 Å². The Morgan fingerprint density at radius 2 is 2.11 bits per heavy atom. The average Bonchev–Trinajstić information content (AvgIpc) is 2.36. The lowest BCUT2D eigenvalue weighted by atomic mass is 10.2. The molecule has 98 valence electrons. The monoisotopic (exact) mass is 249 g/mol. The molecule has 0 bridgehead atoms. The Hall–Kier alpha value is -1.81. The van der Waals surface area contributed by atoms with Crippen LogP contribution >= 0.6 is 0 Å². The summed E-state index contributed by atoms with van der Waals surface area (Å²) >= 11 is 0. The Morgan fingerprint density at radius 1 is 1.44 bits per heavy atom. The van der Waals surface area contributed by atoms with Gasteiger partial charge in [0.15, 0.2) is 0 Å². The van der Waals surface area contributed by atoms with Crippen molar-refractivity contribution in [1.82, 2.24) is 5.32 Å². The zero-order valence-electron chi connectivity index (χ0n) is 10.7. The average molecular weight is 249 g/mol. The number of benzene rings is 1. The molecule has 0 aromatic heterocycles. The van der Waals surface area contributed by atoms with Crippen molar-refractivity contribution in [3.63, 3.8) is 0 Å². The fraction of sp³-hybridized carbons (Fsp3) is 0.357. The van der Waals surface area contributed by atoms with Crippen LogP contribution in [0.15, 0.2) is 30.3 Å². The van der Waals surface area contributed by atoms with Gasteiger partial charge in [0.1, 0.15) is 5.75 Å². The maximum absolute atomic E-state index is 11.4. The third-order valence-electron chi connectivity index (χ3n) is 2.19. The van der Waals surface area contributed by atoms with Gasteiger partial charge in [-0.05, 0) is 37.6 Å². The molecule has 1 aromatic carbocycles. The molecule has 0 radical (unpaired) electrons. The Balaban J connectivity index is 2.48. The molecule has 1 atom stereocenters. The Morgan fingerprint density at radius 3 is 2.67 bits per heavy atom. The molecule has 0 fully saturated rings.